The molecule has 2 aromatic rings. The van der Waals surface area contributed by atoms with E-state index in [0.717, 1.165) is 22.6 Å². The van der Waals surface area contributed by atoms with E-state index in [4.69, 9.17) is 5.73 Å². The molecule has 0 aliphatic rings. The van der Waals surface area contributed by atoms with Crippen LogP contribution in [0, 0.1) is 13.8 Å². The monoisotopic (exact) mass is 315 g/mol. The Morgan fingerprint density at radius 3 is 2.65 bits per heavy atom. The van der Waals surface area contributed by atoms with Crippen molar-refractivity contribution in [3.8, 4) is 0 Å². The molecule has 0 fully saturated rings. The Balaban J connectivity index is 2.06. The molecule has 0 bridgehead atoms. The molecule has 1 aromatic heterocycles. The van der Waals surface area contributed by atoms with Crippen molar-refractivity contribution >= 4 is 17.6 Å². The molecule has 2 rings (SSSR count). The van der Waals surface area contributed by atoms with E-state index in [1.807, 2.05) is 48.9 Å². The summed E-state index contributed by atoms with van der Waals surface area (Å²) < 4.78 is 1.93. The standard InChI is InChI=1S/C16H21N5O2/c1-10-7-11(2)21(20-10)9-13-5-4-6-14(8-13)18-12(3)15(22)19-16(17)23/h4-8,12,18H,9H2,1-3H3,(H3,17,19,22,23)/t12-/m0/s1. The van der Waals surface area contributed by atoms with Gasteiger partial charge in [-0.3, -0.25) is 14.8 Å². The lowest BCUT2D eigenvalue weighted by Crippen LogP contribution is -2.43. The summed E-state index contributed by atoms with van der Waals surface area (Å²) in [5.41, 5.74) is 8.86. The van der Waals surface area contributed by atoms with Gasteiger partial charge in [-0.25, -0.2) is 4.79 Å². The van der Waals surface area contributed by atoms with Gasteiger partial charge >= 0.3 is 6.03 Å². The summed E-state index contributed by atoms with van der Waals surface area (Å²) in [6.07, 6.45) is 0. The zero-order valence-corrected chi connectivity index (χ0v) is 13.5. The number of hydrogen-bond donors (Lipinski definition) is 3. The molecule has 0 aliphatic carbocycles. The van der Waals surface area contributed by atoms with Crippen molar-refractivity contribution in [2.75, 3.05) is 5.32 Å². The predicted octanol–water partition coefficient (Wildman–Crippen LogP) is 1.54. The van der Waals surface area contributed by atoms with Crippen LogP contribution in [0.25, 0.3) is 0 Å². The number of nitrogens with one attached hydrogen (secondary N) is 2. The molecule has 7 nitrogen and oxygen atoms in total. The fourth-order valence-corrected chi connectivity index (χ4v) is 2.31. The predicted molar refractivity (Wildman–Crippen MR) is 88.1 cm³/mol. The van der Waals surface area contributed by atoms with Gasteiger partial charge in [0, 0.05) is 11.4 Å². The third-order valence-electron chi connectivity index (χ3n) is 3.39. The molecule has 0 radical (unpaired) electrons. The number of anilines is 1. The van der Waals surface area contributed by atoms with Crippen LogP contribution in [0.15, 0.2) is 30.3 Å². The number of amides is 3. The lowest BCUT2D eigenvalue weighted by molar-refractivity contribution is -0.120. The summed E-state index contributed by atoms with van der Waals surface area (Å²) in [7, 11) is 0. The summed E-state index contributed by atoms with van der Waals surface area (Å²) >= 11 is 0. The summed E-state index contributed by atoms with van der Waals surface area (Å²) in [6, 6.07) is 8.30. The maximum Gasteiger partial charge on any atom is 0.318 e. The highest BCUT2D eigenvalue weighted by atomic mass is 16.2. The maximum atomic E-state index is 11.7. The highest BCUT2D eigenvalue weighted by Crippen LogP contribution is 2.14. The normalized spacial score (nSPS) is 11.8. The van der Waals surface area contributed by atoms with Crippen LogP contribution in [-0.4, -0.2) is 27.8 Å². The Morgan fingerprint density at radius 1 is 1.30 bits per heavy atom. The maximum absolute atomic E-state index is 11.7. The first kappa shape index (κ1) is 16.5. The van der Waals surface area contributed by atoms with Crippen molar-refractivity contribution in [2.24, 2.45) is 5.73 Å². The highest BCUT2D eigenvalue weighted by molar-refractivity contribution is 5.97. The van der Waals surface area contributed by atoms with Crippen LogP contribution in [0.5, 0.6) is 0 Å². The lowest BCUT2D eigenvalue weighted by Gasteiger charge is -2.15. The van der Waals surface area contributed by atoms with E-state index in [1.165, 1.54) is 0 Å². The van der Waals surface area contributed by atoms with Crippen LogP contribution in [-0.2, 0) is 11.3 Å². The average Bonchev–Trinajstić information content (AvgIpc) is 2.76. The largest absolute Gasteiger partial charge is 0.374 e. The minimum Gasteiger partial charge on any atom is -0.374 e. The molecule has 0 unspecified atom stereocenters. The van der Waals surface area contributed by atoms with E-state index >= 15 is 0 Å². The number of primary amides is 1. The Kier molecular flexibility index (Phi) is 5.00. The summed E-state index contributed by atoms with van der Waals surface area (Å²) in [4.78, 5) is 22.4. The van der Waals surface area contributed by atoms with Crippen LogP contribution >= 0.6 is 0 Å². The van der Waals surface area contributed by atoms with Crippen molar-refractivity contribution < 1.29 is 9.59 Å². The highest BCUT2D eigenvalue weighted by Gasteiger charge is 2.14. The molecule has 3 amide bonds. The lowest BCUT2D eigenvalue weighted by atomic mass is 10.2. The first-order valence-corrected chi connectivity index (χ1v) is 7.32. The fraction of sp³-hybridized carbons (Fsp3) is 0.312. The number of carbonyl (C=O) groups excluding carboxylic acids is 2. The number of carbonyl (C=O) groups is 2. The van der Waals surface area contributed by atoms with Crippen LogP contribution < -0.4 is 16.4 Å². The number of nitrogens with zero attached hydrogens (tertiary/aromatic N) is 2. The minimum atomic E-state index is -0.859. The summed E-state index contributed by atoms with van der Waals surface area (Å²) in [5, 5.41) is 9.53. The fourth-order valence-electron chi connectivity index (χ4n) is 2.31. The van der Waals surface area contributed by atoms with E-state index in [1.54, 1.807) is 6.92 Å². The van der Waals surface area contributed by atoms with Crippen LogP contribution in [0.3, 0.4) is 0 Å². The first-order chi connectivity index (χ1) is 10.8. The second kappa shape index (κ2) is 6.95. The molecule has 1 atom stereocenters. The average molecular weight is 315 g/mol. The van der Waals surface area contributed by atoms with Crippen molar-refractivity contribution in [1.29, 1.82) is 0 Å². The van der Waals surface area contributed by atoms with Crippen molar-refractivity contribution in [3.05, 3.63) is 47.3 Å². The molecule has 7 heteroatoms. The number of urea groups is 1. The zero-order valence-electron chi connectivity index (χ0n) is 13.5. The van der Waals surface area contributed by atoms with Gasteiger partial charge in [0.1, 0.15) is 6.04 Å². The van der Waals surface area contributed by atoms with Crippen molar-refractivity contribution in [2.45, 2.75) is 33.4 Å². The second-order valence-electron chi connectivity index (χ2n) is 5.50. The van der Waals surface area contributed by atoms with Gasteiger partial charge in [-0.1, -0.05) is 12.1 Å². The number of aromatic nitrogens is 2. The Morgan fingerprint density at radius 2 is 2.04 bits per heavy atom. The van der Waals surface area contributed by atoms with E-state index in [0.29, 0.717) is 6.54 Å². The van der Waals surface area contributed by atoms with Crippen LogP contribution in [0.2, 0.25) is 0 Å². The molecule has 1 heterocycles. The van der Waals surface area contributed by atoms with E-state index in [2.05, 4.69) is 15.7 Å². The molecule has 122 valence electrons. The molecule has 1 aromatic carbocycles. The zero-order chi connectivity index (χ0) is 17.0. The van der Waals surface area contributed by atoms with Crippen molar-refractivity contribution in [3.63, 3.8) is 0 Å². The van der Waals surface area contributed by atoms with Gasteiger partial charge in [0.2, 0.25) is 5.91 Å². The minimum absolute atomic E-state index is 0.471. The summed E-state index contributed by atoms with van der Waals surface area (Å²) in [6.45, 7) is 6.28. The molecule has 4 N–H and O–H groups in total. The van der Waals surface area contributed by atoms with E-state index < -0.39 is 18.0 Å². The third-order valence-corrected chi connectivity index (χ3v) is 3.39. The van der Waals surface area contributed by atoms with Gasteiger partial charge in [-0.05, 0) is 44.5 Å². The topological polar surface area (TPSA) is 102 Å². The van der Waals surface area contributed by atoms with Crippen LogP contribution in [0.4, 0.5) is 10.5 Å². The molecular formula is C16H21N5O2. The Hall–Kier alpha value is -2.83. The molecule has 0 saturated carbocycles. The number of imide groups is 1. The Bertz CT molecular complexity index is 723. The second-order valence-corrected chi connectivity index (χ2v) is 5.50. The smallest absolute Gasteiger partial charge is 0.318 e. The van der Waals surface area contributed by atoms with Crippen LogP contribution in [0.1, 0.15) is 23.9 Å². The molecule has 23 heavy (non-hydrogen) atoms. The van der Waals surface area contributed by atoms with E-state index in [-0.39, 0.29) is 0 Å². The van der Waals surface area contributed by atoms with Crippen molar-refractivity contribution in [1.82, 2.24) is 15.1 Å². The van der Waals surface area contributed by atoms with Gasteiger partial charge < -0.3 is 11.1 Å². The number of benzene rings is 1. The molecular weight excluding hydrogens is 294 g/mol. The molecule has 0 aliphatic heterocycles. The SMILES string of the molecule is Cc1cc(C)n(Cc2cccc(N[C@@H](C)C(=O)NC(N)=O)c2)n1. The van der Waals surface area contributed by atoms with Gasteiger partial charge in [0.25, 0.3) is 0 Å². The van der Waals surface area contributed by atoms with E-state index in [9.17, 15) is 9.59 Å². The number of rotatable bonds is 5. The number of nitrogens with two attached hydrogens (primary N) is 1. The quantitative estimate of drug-likeness (QED) is 0.779. The third kappa shape index (κ3) is 4.57. The van der Waals surface area contributed by atoms with Gasteiger partial charge in [-0.15, -0.1) is 0 Å². The van der Waals surface area contributed by atoms with Gasteiger partial charge in [-0.2, -0.15) is 5.10 Å². The Labute approximate surface area is 134 Å². The van der Waals surface area contributed by atoms with Gasteiger partial charge in [0.05, 0.1) is 12.2 Å². The first-order valence-electron chi connectivity index (χ1n) is 7.32. The molecule has 0 spiro atoms. The van der Waals surface area contributed by atoms with Gasteiger partial charge in [0.15, 0.2) is 0 Å². The number of hydrogen-bond acceptors (Lipinski definition) is 4. The molecule has 0 saturated heterocycles. The summed E-state index contributed by atoms with van der Waals surface area (Å²) in [5.74, 6) is -0.471. The number of aryl methyl sites for hydroxylation is 2.